The Labute approximate surface area is 191 Å². The van der Waals surface area contributed by atoms with E-state index < -0.39 is 30.0 Å². The molecule has 2 heterocycles. The summed E-state index contributed by atoms with van der Waals surface area (Å²) in [4.78, 5) is 14.2. The molecule has 0 aromatic heterocycles. The summed E-state index contributed by atoms with van der Waals surface area (Å²) >= 11 is 0. The first-order chi connectivity index (χ1) is 14.8. The molecule has 1 fully saturated rings. The molecule has 1 saturated heterocycles. The van der Waals surface area contributed by atoms with E-state index in [1.165, 1.54) is 0 Å². The maximum Gasteiger partial charge on any atom is 0.498 e. The van der Waals surface area contributed by atoms with Crippen LogP contribution in [0.15, 0.2) is 6.07 Å². The smallest absolute Gasteiger partial charge is 0.493 e. The molecule has 1 amide bonds. The third-order valence-electron chi connectivity index (χ3n) is 6.36. The number of nitrogens with zero attached hydrogens (tertiary/aromatic N) is 1. The summed E-state index contributed by atoms with van der Waals surface area (Å²) in [5.41, 5.74) is -0.142. The highest BCUT2D eigenvalue weighted by molar-refractivity contribution is 6.62. The van der Waals surface area contributed by atoms with Gasteiger partial charge in [-0.3, -0.25) is 0 Å². The molecule has 0 N–H and O–H groups in total. The fourth-order valence-corrected chi connectivity index (χ4v) is 3.78. The number of carbonyl (C=O) groups is 1. The van der Waals surface area contributed by atoms with Gasteiger partial charge < -0.3 is 23.7 Å². The summed E-state index contributed by atoms with van der Waals surface area (Å²) in [6.45, 7) is 16.5. The number of halogens is 1. The zero-order valence-corrected chi connectivity index (χ0v) is 20.8. The molecule has 3 rings (SSSR count). The lowest BCUT2D eigenvalue weighted by molar-refractivity contribution is 0.00578. The van der Waals surface area contributed by atoms with Crippen LogP contribution in [0.1, 0.15) is 79.4 Å². The van der Waals surface area contributed by atoms with E-state index in [9.17, 15) is 4.79 Å². The Balaban J connectivity index is 1.96. The number of fused-ring (bicyclic) bond motifs is 1. The number of carbonyl (C=O) groups excluding carboxylic acids is 1. The summed E-state index contributed by atoms with van der Waals surface area (Å²) in [5, 5.41) is 0. The molecular formula is C24H37BFNO5. The Hall–Kier alpha value is -1.80. The first-order valence-electron chi connectivity index (χ1n) is 11.6. The second-order valence-electron chi connectivity index (χ2n) is 10.7. The fourth-order valence-electron chi connectivity index (χ4n) is 3.78. The average molecular weight is 449 g/mol. The van der Waals surface area contributed by atoms with Crippen molar-refractivity contribution in [2.75, 3.05) is 13.2 Å². The Morgan fingerprint density at radius 3 is 2.38 bits per heavy atom. The zero-order valence-electron chi connectivity index (χ0n) is 20.8. The molecule has 0 saturated carbocycles. The number of hydrogen-bond acceptors (Lipinski definition) is 5. The van der Waals surface area contributed by atoms with Crippen LogP contribution in [0.5, 0.6) is 5.75 Å². The molecule has 0 spiro atoms. The van der Waals surface area contributed by atoms with Crippen LogP contribution in [0.25, 0.3) is 0 Å². The van der Waals surface area contributed by atoms with E-state index in [4.69, 9.17) is 18.8 Å². The number of benzene rings is 1. The van der Waals surface area contributed by atoms with Crippen LogP contribution in [-0.2, 0) is 27.0 Å². The minimum absolute atomic E-state index is 0.242. The largest absolute Gasteiger partial charge is 0.498 e. The highest BCUT2D eigenvalue weighted by Gasteiger charge is 2.53. The lowest BCUT2D eigenvalue weighted by atomic mass is 9.76. The van der Waals surface area contributed by atoms with Crippen LogP contribution < -0.4 is 10.2 Å². The van der Waals surface area contributed by atoms with E-state index in [2.05, 4.69) is 6.92 Å². The molecule has 178 valence electrons. The van der Waals surface area contributed by atoms with E-state index in [-0.39, 0.29) is 12.4 Å². The molecular weight excluding hydrogens is 412 g/mol. The van der Waals surface area contributed by atoms with Crippen LogP contribution in [0.4, 0.5) is 9.18 Å². The van der Waals surface area contributed by atoms with Crippen LogP contribution >= 0.6 is 0 Å². The Morgan fingerprint density at radius 1 is 1.19 bits per heavy atom. The predicted molar refractivity (Wildman–Crippen MR) is 123 cm³/mol. The van der Waals surface area contributed by atoms with Gasteiger partial charge in [0.05, 0.1) is 24.4 Å². The summed E-state index contributed by atoms with van der Waals surface area (Å²) in [7, 11) is -0.817. The van der Waals surface area contributed by atoms with Gasteiger partial charge in [-0.05, 0) is 72.9 Å². The summed E-state index contributed by atoms with van der Waals surface area (Å²) < 4.78 is 39.6. The van der Waals surface area contributed by atoms with Gasteiger partial charge in [0.25, 0.3) is 0 Å². The lowest BCUT2D eigenvalue weighted by Crippen LogP contribution is -2.42. The van der Waals surface area contributed by atoms with E-state index >= 15 is 4.39 Å². The number of ether oxygens (including phenoxy) is 2. The highest BCUT2D eigenvalue weighted by Crippen LogP contribution is 2.38. The minimum atomic E-state index is -0.817. The Bertz CT molecular complexity index is 849. The number of unbranched alkanes of at least 4 members (excludes halogenated alkanes) is 1. The quantitative estimate of drug-likeness (QED) is 0.486. The first-order valence-corrected chi connectivity index (χ1v) is 11.6. The molecule has 2 aliphatic rings. The predicted octanol–water partition coefficient (Wildman–Crippen LogP) is 4.60. The van der Waals surface area contributed by atoms with Gasteiger partial charge in [-0.2, -0.15) is 0 Å². The van der Waals surface area contributed by atoms with Gasteiger partial charge in [-0.15, -0.1) is 0 Å². The molecule has 0 atom stereocenters. The standard InChI is InChI=1S/C24H37BFNO5/c1-9-10-13-29-19-14-18(25-31-23(5,6)24(7,8)32-25)20(26)16-11-12-27(15-17(16)19)21(28)30-22(2,3)4/h14H,9-13,15H2,1-8H3. The molecule has 6 nitrogen and oxygen atoms in total. The molecule has 8 heteroatoms. The van der Waals surface area contributed by atoms with Gasteiger partial charge >= 0.3 is 13.2 Å². The van der Waals surface area contributed by atoms with Gasteiger partial charge in [0.1, 0.15) is 17.2 Å². The topological polar surface area (TPSA) is 57.2 Å². The fraction of sp³-hybridized carbons (Fsp3) is 0.708. The number of rotatable bonds is 5. The van der Waals surface area contributed by atoms with Crippen molar-refractivity contribution in [1.82, 2.24) is 4.90 Å². The van der Waals surface area contributed by atoms with Crippen molar-refractivity contribution < 1.29 is 28.0 Å². The summed E-state index contributed by atoms with van der Waals surface area (Å²) in [6, 6.07) is 1.69. The van der Waals surface area contributed by atoms with E-state index in [1.54, 1.807) is 11.0 Å². The van der Waals surface area contributed by atoms with Crippen LogP contribution in [0, 0.1) is 5.82 Å². The molecule has 1 aromatic rings. The second-order valence-corrected chi connectivity index (χ2v) is 10.7. The minimum Gasteiger partial charge on any atom is -0.493 e. The van der Waals surface area contributed by atoms with E-state index in [0.29, 0.717) is 41.9 Å². The number of amides is 1. The molecule has 0 aliphatic carbocycles. The SMILES string of the molecule is CCCCOc1cc(B2OC(C)(C)C(C)(C)O2)c(F)c2c1CN(C(=O)OC(C)(C)C)CC2. The van der Waals surface area contributed by atoms with Gasteiger partial charge in [-0.25, -0.2) is 9.18 Å². The van der Waals surface area contributed by atoms with Crippen LogP contribution in [0.3, 0.4) is 0 Å². The maximum atomic E-state index is 15.7. The van der Waals surface area contributed by atoms with E-state index in [1.807, 2.05) is 48.5 Å². The summed E-state index contributed by atoms with van der Waals surface area (Å²) in [6.07, 6.45) is 1.83. The van der Waals surface area contributed by atoms with E-state index in [0.717, 1.165) is 12.8 Å². The maximum absolute atomic E-state index is 15.7. The highest BCUT2D eigenvalue weighted by atomic mass is 19.1. The summed E-state index contributed by atoms with van der Waals surface area (Å²) in [5.74, 6) is 0.234. The van der Waals surface area contributed by atoms with Crippen LogP contribution in [-0.4, -0.2) is 48.1 Å². The van der Waals surface area contributed by atoms with Crippen molar-refractivity contribution in [2.45, 2.75) is 98.0 Å². The van der Waals surface area contributed by atoms with Gasteiger partial charge in [0.2, 0.25) is 0 Å². The third-order valence-corrected chi connectivity index (χ3v) is 6.36. The average Bonchev–Trinajstić information content (AvgIpc) is 2.89. The van der Waals surface area contributed by atoms with Crippen molar-refractivity contribution in [3.63, 3.8) is 0 Å². The van der Waals surface area contributed by atoms with Crippen molar-refractivity contribution in [3.8, 4) is 5.75 Å². The molecule has 32 heavy (non-hydrogen) atoms. The van der Waals surface area contributed by atoms with Gasteiger partial charge in [-0.1, -0.05) is 13.3 Å². The zero-order chi connectivity index (χ0) is 23.9. The first kappa shape index (κ1) is 24.8. The van der Waals surface area contributed by atoms with Crippen molar-refractivity contribution in [2.24, 2.45) is 0 Å². The third kappa shape index (κ3) is 5.06. The van der Waals surface area contributed by atoms with Crippen molar-refractivity contribution >= 4 is 18.7 Å². The number of hydrogen-bond donors (Lipinski definition) is 0. The van der Waals surface area contributed by atoms with Crippen molar-refractivity contribution in [1.29, 1.82) is 0 Å². The molecule has 0 unspecified atom stereocenters. The lowest BCUT2D eigenvalue weighted by Gasteiger charge is -2.32. The molecule has 0 bridgehead atoms. The monoisotopic (exact) mass is 449 g/mol. The second kappa shape index (κ2) is 8.86. The normalized spacial score (nSPS) is 19.7. The molecule has 0 radical (unpaired) electrons. The Morgan fingerprint density at radius 2 is 1.81 bits per heavy atom. The molecule has 1 aromatic carbocycles. The van der Waals surface area contributed by atoms with Crippen molar-refractivity contribution in [3.05, 3.63) is 23.0 Å². The van der Waals surface area contributed by atoms with Gasteiger partial charge in [0.15, 0.2) is 0 Å². The van der Waals surface area contributed by atoms with Gasteiger partial charge in [0, 0.05) is 17.6 Å². The Kier molecular flexibility index (Phi) is 6.88. The van der Waals surface area contributed by atoms with Crippen LogP contribution in [0.2, 0.25) is 0 Å². The molecule has 2 aliphatic heterocycles.